The molecule has 1 atom stereocenters. The molecule has 0 amide bonds. The van der Waals surface area contributed by atoms with Crippen molar-refractivity contribution >= 4 is 6.47 Å². The van der Waals surface area contributed by atoms with E-state index >= 15 is 0 Å². The fourth-order valence-corrected chi connectivity index (χ4v) is 2.13. The Morgan fingerprint density at radius 3 is 2.75 bits per heavy atom. The van der Waals surface area contributed by atoms with Crippen molar-refractivity contribution < 1.29 is 14.3 Å². The Morgan fingerprint density at radius 2 is 2.19 bits per heavy atom. The van der Waals surface area contributed by atoms with E-state index in [1.807, 2.05) is 13.8 Å². The molecule has 1 spiro atoms. The first kappa shape index (κ1) is 11.6. The second kappa shape index (κ2) is 4.21. The van der Waals surface area contributed by atoms with Gasteiger partial charge >= 0.3 is 0 Å². The molecule has 0 aromatic carbocycles. The largest absolute Gasteiger partial charge is 0.467 e. The maximum Gasteiger partial charge on any atom is 0.293 e. The van der Waals surface area contributed by atoms with Crippen LogP contribution in [0.5, 0.6) is 0 Å². The predicted octanol–water partition coefficient (Wildman–Crippen LogP) is 2.31. The van der Waals surface area contributed by atoms with Gasteiger partial charge in [-0.1, -0.05) is 26.0 Å². The Morgan fingerprint density at radius 1 is 1.44 bits per heavy atom. The summed E-state index contributed by atoms with van der Waals surface area (Å²) >= 11 is 0. The number of carbonyl (C=O) groups is 1. The first-order valence-electron chi connectivity index (χ1n) is 5.92. The zero-order valence-corrected chi connectivity index (χ0v) is 10.1. The number of ether oxygens (including phenoxy) is 2. The molecule has 1 unspecified atom stereocenters. The maximum absolute atomic E-state index is 10.1. The van der Waals surface area contributed by atoms with Gasteiger partial charge in [0, 0.05) is 5.41 Å². The lowest BCUT2D eigenvalue weighted by Crippen LogP contribution is -2.27. The minimum atomic E-state index is -0.103. The molecule has 2 aliphatic carbocycles. The van der Waals surface area contributed by atoms with Gasteiger partial charge < -0.3 is 9.47 Å². The lowest BCUT2D eigenvalue weighted by molar-refractivity contribution is -0.133. The highest BCUT2D eigenvalue weighted by Gasteiger charge is 2.45. The summed E-state index contributed by atoms with van der Waals surface area (Å²) in [7, 11) is 0. The van der Waals surface area contributed by atoms with E-state index < -0.39 is 0 Å². The third-order valence-corrected chi connectivity index (χ3v) is 3.39. The van der Waals surface area contributed by atoms with Gasteiger partial charge in [-0.2, -0.15) is 0 Å². The van der Waals surface area contributed by atoms with E-state index in [1.54, 1.807) is 0 Å². The zero-order valence-electron chi connectivity index (χ0n) is 10.1. The minimum absolute atomic E-state index is 0.103. The second-order valence-electron chi connectivity index (χ2n) is 5.85. The van der Waals surface area contributed by atoms with Gasteiger partial charge in [0.1, 0.15) is 0 Å². The molecular weight excluding hydrogens is 204 g/mol. The molecule has 2 aliphatic rings. The van der Waals surface area contributed by atoms with Crippen LogP contribution in [0.1, 0.15) is 33.1 Å². The van der Waals surface area contributed by atoms with Crippen LogP contribution in [0, 0.1) is 10.8 Å². The smallest absolute Gasteiger partial charge is 0.293 e. The summed E-state index contributed by atoms with van der Waals surface area (Å²) in [4.78, 5) is 10.1. The lowest BCUT2D eigenvalue weighted by atomic mass is 9.96. The van der Waals surface area contributed by atoms with E-state index in [4.69, 9.17) is 9.47 Å². The van der Waals surface area contributed by atoms with E-state index in [0.29, 0.717) is 25.1 Å². The van der Waals surface area contributed by atoms with Crippen molar-refractivity contribution in [2.45, 2.75) is 39.2 Å². The van der Waals surface area contributed by atoms with Crippen molar-refractivity contribution in [1.29, 1.82) is 0 Å². The Labute approximate surface area is 96.8 Å². The molecule has 0 heterocycles. The molecule has 0 N–H and O–H groups in total. The van der Waals surface area contributed by atoms with Gasteiger partial charge in [-0.15, -0.1) is 0 Å². The molecular formula is C13H20O3. The van der Waals surface area contributed by atoms with Gasteiger partial charge in [0.2, 0.25) is 0 Å². The van der Waals surface area contributed by atoms with Gasteiger partial charge in [0.05, 0.1) is 19.3 Å². The van der Waals surface area contributed by atoms with Gasteiger partial charge in [-0.3, -0.25) is 4.79 Å². The van der Waals surface area contributed by atoms with Crippen LogP contribution < -0.4 is 0 Å². The van der Waals surface area contributed by atoms with Crippen LogP contribution in [0.25, 0.3) is 0 Å². The second-order valence-corrected chi connectivity index (χ2v) is 5.85. The molecule has 0 saturated heterocycles. The molecule has 0 aromatic rings. The molecule has 3 heteroatoms. The fourth-order valence-electron chi connectivity index (χ4n) is 2.13. The van der Waals surface area contributed by atoms with Gasteiger partial charge in [0.15, 0.2) is 0 Å². The van der Waals surface area contributed by atoms with Crippen LogP contribution in [-0.2, 0) is 14.3 Å². The van der Waals surface area contributed by atoms with Crippen molar-refractivity contribution in [1.82, 2.24) is 0 Å². The summed E-state index contributed by atoms with van der Waals surface area (Å²) in [5, 5.41) is 0. The van der Waals surface area contributed by atoms with Crippen molar-refractivity contribution in [3.8, 4) is 0 Å². The van der Waals surface area contributed by atoms with Gasteiger partial charge in [-0.25, -0.2) is 0 Å². The topological polar surface area (TPSA) is 35.5 Å². The Bertz CT molecular complexity index is 290. The third kappa shape index (κ3) is 2.85. The highest BCUT2D eigenvalue weighted by molar-refractivity contribution is 5.36. The van der Waals surface area contributed by atoms with E-state index in [2.05, 4.69) is 12.2 Å². The molecule has 1 saturated carbocycles. The van der Waals surface area contributed by atoms with E-state index in [9.17, 15) is 4.79 Å². The first-order valence-corrected chi connectivity index (χ1v) is 5.92. The molecule has 0 aliphatic heterocycles. The molecule has 0 bridgehead atoms. The standard InChI is InChI=1S/C13H20O3/c1-12(2,8-15-10-14)9-16-11-3-4-13(7-11)5-6-13/h3-4,10-11H,5-9H2,1-2H3. The lowest BCUT2D eigenvalue weighted by Gasteiger charge is -2.25. The van der Waals surface area contributed by atoms with Gasteiger partial charge in [-0.05, 0) is 24.7 Å². The first-order chi connectivity index (χ1) is 7.55. The number of hydrogen-bond donors (Lipinski definition) is 0. The van der Waals surface area contributed by atoms with Crippen molar-refractivity contribution in [3.63, 3.8) is 0 Å². The third-order valence-electron chi connectivity index (χ3n) is 3.39. The number of allylic oxidation sites excluding steroid dienone is 1. The van der Waals surface area contributed by atoms with Crippen molar-refractivity contribution in [2.75, 3.05) is 13.2 Å². The minimum Gasteiger partial charge on any atom is -0.467 e. The van der Waals surface area contributed by atoms with Crippen molar-refractivity contribution in [3.05, 3.63) is 12.2 Å². The molecule has 90 valence electrons. The fraction of sp³-hybridized carbons (Fsp3) is 0.769. The number of rotatable bonds is 6. The Hall–Kier alpha value is -0.830. The van der Waals surface area contributed by atoms with E-state index in [-0.39, 0.29) is 11.5 Å². The summed E-state index contributed by atoms with van der Waals surface area (Å²) in [6, 6.07) is 0. The highest BCUT2D eigenvalue weighted by atomic mass is 16.5. The van der Waals surface area contributed by atoms with E-state index in [1.165, 1.54) is 12.8 Å². The molecule has 0 radical (unpaired) electrons. The van der Waals surface area contributed by atoms with E-state index in [0.717, 1.165) is 6.42 Å². The molecule has 16 heavy (non-hydrogen) atoms. The number of carbonyl (C=O) groups excluding carboxylic acids is 1. The summed E-state index contributed by atoms with van der Waals surface area (Å²) in [6.45, 7) is 5.63. The average Bonchev–Trinajstić information content (AvgIpc) is 2.86. The van der Waals surface area contributed by atoms with Crippen LogP contribution in [0.2, 0.25) is 0 Å². The normalized spacial score (nSPS) is 26.0. The van der Waals surface area contributed by atoms with Crippen LogP contribution in [-0.4, -0.2) is 25.8 Å². The molecule has 2 rings (SSSR count). The van der Waals surface area contributed by atoms with Gasteiger partial charge in [0.25, 0.3) is 6.47 Å². The van der Waals surface area contributed by atoms with Crippen LogP contribution in [0.15, 0.2) is 12.2 Å². The molecule has 3 nitrogen and oxygen atoms in total. The summed E-state index contributed by atoms with van der Waals surface area (Å²) in [5.41, 5.74) is 0.391. The maximum atomic E-state index is 10.1. The summed E-state index contributed by atoms with van der Waals surface area (Å²) in [6.07, 6.45) is 8.54. The summed E-state index contributed by atoms with van der Waals surface area (Å²) < 4.78 is 10.6. The van der Waals surface area contributed by atoms with Crippen LogP contribution >= 0.6 is 0 Å². The van der Waals surface area contributed by atoms with Crippen molar-refractivity contribution in [2.24, 2.45) is 10.8 Å². The SMILES string of the molecule is CC(C)(COC=O)COC1C=CC2(CC2)C1. The molecule has 0 aromatic heterocycles. The molecule has 1 fully saturated rings. The van der Waals surface area contributed by atoms with Crippen LogP contribution in [0.3, 0.4) is 0 Å². The summed E-state index contributed by atoms with van der Waals surface area (Å²) in [5.74, 6) is 0. The zero-order chi connectivity index (χ0) is 11.6. The highest BCUT2D eigenvalue weighted by Crippen LogP contribution is 2.54. The quantitative estimate of drug-likeness (QED) is 0.513. The monoisotopic (exact) mass is 224 g/mol. The Kier molecular flexibility index (Phi) is 3.06. The van der Waals surface area contributed by atoms with Crippen LogP contribution in [0.4, 0.5) is 0 Å². The predicted molar refractivity (Wildman–Crippen MR) is 61.0 cm³/mol. The number of hydrogen-bond acceptors (Lipinski definition) is 3. The Balaban J connectivity index is 1.70. The average molecular weight is 224 g/mol.